The molecule has 2 rings (SSSR count). The Morgan fingerprint density at radius 3 is 2.33 bits per heavy atom. The van der Waals surface area contributed by atoms with Gasteiger partial charge in [0.15, 0.2) is 0 Å². The normalized spacial score (nSPS) is 12.2. The highest BCUT2D eigenvalue weighted by Crippen LogP contribution is 2.29. The molecule has 0 radical (unpaired) electrons. The zero-order chi connectivity index (χ0) is 15.2. The number of nitrogens with one attached hydrogen (secondary N) is 1. The highest BCUT2D eigenvalue weighted by atomic mass is 16.5. The molecular formula is C16H23N3O2. The average Bonchev–Trinajstić information content (AvgIpc) is 2.93. The fourth-order valence-electron chi connectivity index (χ4n) is 2.35. The van der Waals surface area contributed by atoms with Crippen LogP contribution in [0.5, 0.6) is 11.5 Å². The van der Waals surface area contributed by atoms with E-state index in [2.05, 4.69) is 17.3 Å². The summed E-state index contributed by atoms with van der Waals surface area (Å²) in [5.41, 5.74) is 2.21. The molecule has 0 amide bonds. The van der Waals surface area contributed by atoms with Crippen molar-refractivity contribution in [1.29, 1.82) is 0 Å². The lowest BCUT2D eigenvalue weighted by Gasteiger charge is -2.20. The molecule has 0 aliphatic carbocycles. The van der Waals surface area contributed by atoms with Crippen LogP contribution in [0.3, 0.4) is 0 Å². The van der Waals surface area contributed by atoms with E-state index in [0.717, 1.165) is 35.7 Å². The van der Waals surface area contributed by atoms with Crippen molar-refractivity contribution in [1.82, 2.24) is 15.1 Å². The van der Waals surface area contributed by atoms with Crippen LogP contribution in [0, 0.1) is 0 Å². The van der Waals surface area contributed by atoms with Crippen molar-refractivity contribution in [3.8, 4) is 11.5 Å². The number of hydrogen-bond acceptors (Lipinski definition) is 4. The van der Waals surface area contributed by atoms with Gasteiger partial charge in [-0.2, -0.15) is 5.10 Å². The summed E-state index contributed by atoms with van der Waals surface area (Å²) >= 11 is 0. The lowest BCUT2D eigenvalue weighted by Crippen LogP contribution is -2.25. The Kier molecular flexibility index (Phi) is 5.22. The van der Waals surface area contributed by atoms with E-state index in [4.69, 9.17) is 9.47 Å². The van der Waals surface area contributed by atoms with Crippen molar-refractivity contribution in [2.45, 2.75) is 19.4 Å². The first kappa shape index (κ1) is 15.4. The van der Waals surface area contributed by atoms with Crippen molar-refractivity contribution in [2.75, 3.05) is 20.8 Å². The van der Waals surface area contributed by atoms with E-state index in [1.807, 2.05) is 42.2 Å². The predicted molar refractivity (Wildman–Crippen MR) is 82.9 cm³/mol. The Morgan fingerprint density at radius 1 is 1.19 bits per heavy atom. The van der Waals surface area contributed by atoms with E-state index in [1.165, 1.54) is 0 Å². The van der Waals surface area contributed by atoms with E-state index in [9.17, 15) is 0 Å². The first-order chi connectivity index (χ1) is 10.2. The van der Waals surface area contributed by atoms with Crippen LogP contribution in [0.2, 0.25) is 0 Å². The van der Waals surface area contributed by atoms with Gasteiger partial charge < -0.3 is 14.8 Å². The number of aromatic nitrogens is 2. The second-order valence-electron chi connectivity index (χ2n) is 4.91. The Bertz CT molecular complexity index is 558. The molecule has 5 heteroatoms. The summed E-state index contributed by atoms with van der Waals surface area (Å²) in [7, 11) is 5.28. The largest absolute Gasteiger partial charge is 0.497 e. The molecule has 0 aliphatic heterocycles. The lowest BCUT2D eigenvalue weighted by molar-refractivity contribution is 0.392. The van der Waals surface area contributed by atoms with Crippen LogP contribution in [-0.4, -0.2) is 30.5 Å². The molecule has 1 aromatic heterocycles. The first-order valence-electron chi connectivity index (χ1n) is 7.13. The van der Waals surface area contributed by atoms with Crippen molar-refractivity contribution in [2.24, 2.45) is 7.05 Å². The topological polar surface area (TPSA) is 48.3 Å². The molecular weight excluding hydrogens is 266 g/mol. The molecule has 5 nitrogen and oxygen atoms in total. The maximum atomic E-state index is 5.37. The minimum atomic E-state index is 0.0569. The van der Waals surface area contributed by atoms with Crippen LogP contribution in [0.25, 0.3) is 0 Å². The van der Waals surface area contributed by atoms with Gasteiger partial charge >= 0.3 is 0 Å². The van der Waals surface area contributed by atoms with Gasteiger partial charge in [0.25, 0.3) is 0 Å². The highest BCUT2D eigenvalue weighted by molar-refractivity contribution is 5.42. The fraction of sp³-hybridized carbons (Fsp3) is 0.438. The minimum absolute atomic E-state index is 0.0569. The van der Waals surface area contributed by atoms with Crippen molar-refractivity contribution >= 4 is 0 Å². The van der Waals surface area contributed by atoms with Gasteiger partial charge in [0.1, 0.15) is 11.5 Å². The number of aryl methyl sites for hydroxylation is 1. The standard InChI is InChI=1S/C16H23N3O2/c1-5-7-17-16(15-6-8-18-19(15)2)12-9-13(20-3)11-14(10-12)21-4/h6,8-11,16-17H,5,7H2,1-4H3. The molecule has 0 spiro atoms. The van der Waals surface area contributed by atoms with Crippen LogP contribution in [0.1, 0.15) is 30.6 Å². The summed E-state index contributed by atoms with van der Waals surface area (Å²) in [6.45, 7) is 3.08. The number of rotatable bonds is 7. The van der Waals surface area contributed by atoms with Gasteiger partial charge in [0.05, 0.1) is 26.0 Å². The maximum Gasteiger partial charge on any atom is 0.122 e. The summed E-state index contributed by atoms with van der Waals surface area (Å²) < 4.78 is 12.6. The molecule has 0 saturated heterocycles. The fourth-order valence-corrected chi connectivity index (χ4v) is 2.35. The van der Waals surface area contributed by atoms with E-state index in [-0.39, 0.29) is 6.04 Å². The Labute approximate surface area is 125 Å². The molecule has 114 valence electrons. The molecule has 1 atom stereocenters. The molecule has 0 bridgehead atoms. The zero-order valence-corrected chi connectivity index (χ0v) is 13.1. The number of hydrogen-bond donors (Lipinski definition) is 1. The summed E-state index contributed by atoms with van der Waals surface area (Å²) in [6, 6.07) is 8.02. The average molecular weight is 289 g/mol. The number of benzene rings is 1. The second-order valence-corrected chi connectivity index (χ2v) is 4.91. The third-order valence-corrected chi connectivity index (χ3v) is 3.46. The van der Waals surface area contributed by atoms with Crippen LogP contribution in [0.15, 0.2) is 30.5 Å². The Hall–Kier alpha value is -2.01. The monoisotopic (exact) mass is 289 g/mol. The number of ether oxygens (including phenoxy) is 2. The molecule has 1 aromatic carbocycles. The van der Waals surface area contributed by atoms with Gasteiger partial charge in [0.2, 0.25) is 0 Å². The summed E-state index contributed by atoms with van der Waals surface area (Å²) in [5.74, 6) is 1.57. The smallest absolute Gasteiger partial charge is 0.122 e. The quantitative estimate of drug-likeness (QED) is 0.851. The van der Waals surface area contributed by atoms with Crippen LogP contribution >= 0.6 is 0 Å². The molecule has 0 saturated carbocycles. The third kappa shape index (κ3) is 3.55. The van der Waals surface area contributed by atoms with E-state index in [0.29, 0.717) is 0 Å². The molecule has 1 heterocycles. The summed E-state index contributed by atoms with van der Waals surface area (Å²) in [4.78, 5) is 0. The third-order valence-electron chi connectivity index (χ3n) is 3.46. The van der Waals surface area contributed by atoms with Crippen LogP contribution in [-0.2, 0) is 7.05 Å². The second kappa shape index (κ2) is 7.13. The first-order valence-corrected chi connectivity index (χ1v) is 7.13. The van der Waals surface area contributed by atoms with Gasteiger partial charge in [-0.05, 0) is 36.7 Å². The molecule has 1 N–H and O–H groups in total. The summed E-state index contributed by atoms with van der Waals surface area (Å²) in [5, 5.41) is 7.83. The molecule has 2 aromatic rings. The summed E-state index contributed by atoms with van der Waals surface area (Å²) in [6.07, 6.45) is 2.88. The van der Waals surface area contributed by atoms with Gasteiger partial charge in [0, 0.05) is 19.3 Å². The van der Waals surface area contributed by atoms with Crippen molar-refractivity contribution in [3.05, 3.63) is 41.7 Å². The zero-order valence-electron chi connectivity index (χ0n) is 13.1. The Morgan fingerprint density at radius 2 is 1.86 bits per heavy atom. The SMILES string of the molecule is CCCNC(c1cc(OC)cc(OC)c1)c1ccnn1C. The van der Waals surface area contributed by atoms with Crippen molar-refractivity contribution in [3.63, 3.8) is 0 Å². The molecule has 0 fully saturated rings. The Balaban J connectivity index is 2.43. The maximum absolute atomic E-state index is 5.37. The van der Waals surface area contributed by atoms with E-state index < -0.39 is 0 Å². The molecule has 0 aliphatic rings. The highest BCUT2D eigenvalue weighted by Gasteiger charge is 2.18. The van der Waals surface area contributed by atoms with Crippen LogP contribution < -0.4 is 14.8 Å². The van der Waals surface area contributed by atoms with E-state index in [1.54, 1.807) is 14.2 Å². The molecule has 21 heavy (non-hydrogen) atoms. The van der Waals surface area contributed by atoms with Gasteiger partial charge in [-0.1, -0.05) is 6.92 Å². The van der Waals surface area contributed by atoms with Crippen LogP contribution in [0.4, 0.5) is 0 Å². The van der Waals surface area contributed by atoms with Gasteiger partial charge in [-0.15, -0.1) is 0 Å². The number of methoxy groups -OCH3 is 2. The number of nitrogens with zero attached hydrogens (tertiary/aromatic N) is 2. The van der Waals surface area contributed by atoms with Gasteiger partial charge in [-0.25, -0.2) is 0 Å². The molecule has 1 unspecified atom stereocenters. The predicted octanol–water partition coefficient (Wildman–Crippen LogP) is 2.53. The lowest BCUT2D eigenvalue weighted by atomic mass is 10.0. The van der Waals surface area contributed by atoms with Gasteiger partial charge in [-0.3, -0.25) is 4.68 Å². The van der Waals surface area contributed by atoms with Crippen molar-refractivity contribution < 1.29 is 9.47 Å². The minimum Gasteiger partial charge on any atom is -0.497 e. The van der Waals surface area contributed by atoms with E-state index >= 15 is 0 Å².